The van der Waals surface area contributed by atoms with E-state index in [4.69, 9.17) is 5.11 Å². The molecule has 0 radical (unpaired) electrons. The predicted octanol–water partition coefficient (Wildman–Crippen LogP) is 3.07. The summed E-state index contributed by atoms with van der Waals surface area (Å²) in [7, 11) is 0. The normalized spacial score (nSPS) is 12.8. The van der Waals surface area contributed by atoms with E-state index in [2.05, 4.69) is 26.0 Å². The SMILES string of the molecule is CC(C)c1ccc(C[C@H](C)C(=O)O)cc1. The van der Waals surface area contributed by atoms with E-state index in [-0.39, 0.29) is 5.92 Å². The first-order valence-electron chi connectivity index (χ1n) is 5.32. The number of carboxylic acid groups (broad SMARTS) is 1. The molecule has 15 heavy (non-hydrogen) atoms. The first-order valence-corrected chi connectivity index (χ1v) is 5.32. The van der Waals surface area contributed by atoms with E-state index in [1.54, 1.807) is 6.92 Å². The zero-order valence-electron chi connectivity index (χ0n) is 9.53. The molecule has 0 spiro atoms. The first-order chi connectivity index (χ1) is 7.00. The van der Waals surface area contributed by atoms with Crippen LogP contribution in [-0.4, -0.2) is 11.1 Å². The molecule has 0 heterocycles. The van der Waals surface area contributed by atoms with Gasteiger partial charge in [-0.1, -0.05) is 45.0 Å². The number of carbonyl (C=O) groups is 1. The van der Waals surface area contributed by atoms with Gasteiger partial charge < -0.3 is 5.11 Å². The van der Waals surface area contributed by atoms with Gasteiger partial charge in [0.25, 0.3) is 0 Å². The topological polar surface area (TPSA) is 37.3 Å². The van der Waals surface area contributed by atoms with Crippen LogP contribution in [0.5, 0.6) is 0 Å². The fourth-order valence-corrected chi connectivity index (χ4v) is 1.48. The van der Waals surface area contributed by atoms with E-state index in [1.807, 2.05) is 12.1 Å². The number of hydrogen-bond acceptors (Lipinski definition) is 1. The average Bonchev–Trinajstić information content (AvgIpc) is 2.18. The summed E-state index contributed by atoms with van der Waals surface area (Å²) in [6.45, 7) is 6.03. The van der Waals surface area contributed by atoms with Crippen molar-refractivity contribution in [2.45, 2.75) is 33.1 Å². The fourth-order valence-electron chi connectivity index (χ4n) is 1.48. The van der Waals surface area contributed by atoms with Crippen LogP contribution in [0.3, 0.4) is 0 Å². The number of aliphatic carboxylic acids is 1. The molecule has 1 rings (SSSR count). The minimum Gasteiger partial charge on any atom is -0.481 e. The van der Waals surface area contributed by atoms with Gasteiger partial charge in [-0.15, -0.1) is 0 Å². The maximum absolute atomic E-state index is 10.7. The van der Waals surface area contributed by atoms with Gasteiger partial charge in [0, 0.05) is 0 Å². The van der Waals surface area contributed by atoms with Crippen molar-refractivity contribution < 1.29 is 9.90 Å². The Morgan fingerprint density at radius 3 is 2.13 bits per heavy atom. The molecule has 2 nitrogen and oxygen atoms in total. The summed E-state index contributed by atoms with van der Waals surface area (Å²) in [6.07, 6.45) is 0.605. The van der Waals surface area contributed by atoms with E-state index in [1.165, 1.54) is 5.56 Å². The van der Waals surface area contributed by atoms with Crippen LogP contribution < -0.4 is 0 Å². The second-order valence-electron chi connectivity index (χ2n) is 4.34. The molecular formula is C13H18O2. The minimum atomic E-state index is -0.733. The standard InChI is InChI=1S/C13H18O2/c1-9(2)12-6-4-11(5-7-12)8-10(3)13(14)15/h4-7,9-10H,8H2,1-3H3,(H,14,15)/t10-/m0/s1. The van der Waals surface area contributed by atoms with Crippen molar-refractivity contribution in [3.8, 4) is 0 Å². The number of rotatable bonds is 4. The molecule has 0 bridgehead atoms. The Balaban J connectivity index is 2.68. The van der Waals surface area contributed by atoms with E-state index in [9.17, 15) is 4.79 Å². The third kappa shape index (κ3) is 3.39. The molecule has 0 aliphatic carbocycles. The summed E-state index contributed by atoms with van der Waals surface area (Å²) in [5.41, 5.74) is 2.39. The monoisotopic (exact) mass is 206 g/mol. The Morgan fingerprint density at radius 1 is 1.20 bits per heavy atom. The second kappa shape index (κ2) is 4.96. The van der Waals surface area contributed by atoms with Crippen LogP contribution in [0, 0.1) is 5.92 Å². The highest BCUT2D eigenvalue weighted by atomic mass is 16.4. The molecule has 0 amide bonds. The second-order valence-corrected chi connectivity index (χ2v) is 4.34. The maximum Gasteiger partial charge on any atom is 0.306 e. The molecule has 0 unspecified atom stereocenters. The van der Waals surface area contributed by atoms with Crippen LogP contribution >= 0.6 is 0 Å². The lowest BCUT2D eigenvalue weighted by molar-refractivity contribution is -0.141. The van der Waals surface area contributed by atoms with Crippen LogP contribution in [-0.2, 0) is 11.2 Å². The molecule has 0 saturated heterocycles. The van der Waals surface area contributed by atoms with Crippen molar-refractivity contribution >= 4 is 5.97 Å². The number of benzene rings is 1. The summed E-state index contributed by atoms with van der Waals surface area (Å²) in [5.74, 6) is -0.520. The van der Waals surface area contributed by atoms with Gasteiger partial charge >= 0.3 is 5.97 Å². The van der Waals surface area contributed by atoms with Gasteiger partial charge in [-0.2, -0.15) is 0 Å². The van der Waals surface area contributed by atoms with Crippen LogP contribution in [0.1, 0.15) is 37.8 Å². The molecule has 0 fully saturated rings. The van der Waals surface area contributed by atoms with E-state index < -0.39 is 5.97 Å². The summed E-state index contributed by atoms with van der Waals surface area (Å²) < 4.78 is 0. The summed E-state index contributed by atoms with van der Waals surface area (Å²) >= 11 is 0. The molecular weight excluding hydrogens is 188 g/mol. The van der Waals surface area contributed by atoms with Crippen molar-refractivity contribution in [1.29, 1.82) is 0 Å². The number of carboxylic acids is 1. The molecule has 2 heteroatoms. The third-order valence-electron chi connectivity index (χ3n) is 2.61. The van der Waals surface area contributed by atoms with Gasteiger partial charge in [0.1, 0.15) is 0 Å². The number of hydrogen-bond donors (Lipinski definition) is 1. The molecule has 82 valence electrons. The van der Waals surface area contributed by atoms with Crippen molar-refractivity contribution in [3.63, 3.8) is 0 Å². The summed E-state index contributed by atoms with van der Waals surface area (Å²) in [6, 6.07) is 8.20. The zero-order valence-corrected chi connectivity index (χ0v) is 9.53. The van der Waals surface area contributed by atoms with Crippen LogP contribution in [0.15, 0.2) is 24.3 Å². The highest BCUT2D eigenvalue weighted by Gasteiger charge is 2.11. The first kappa shape index (κ1) is 11.8. The maximum atomic E-state index is 10.7. The predicted molar refractivity (Wildman–Crippen MR) is 61.0 cm³/mol. The highest BCUT2D eigenvalue weighted by molar-refractivity contribution is 5.69. The van der Waals surface area contributed by atoms with Crippen molar-refractivity contribution in [2.75, 3.05) is 0 Å². The Kier molecular flexibility index (Phi) is 3.89. The van der Waals surface area contributed by atoms with Gasteiger partial charge in [-0.3, -0.25) is 4.79 Å². The lowest BCUT2D eigenvalue weighted by Gasteiger charge is -2.08. The van der Waals surface area contributed by atoms with Crippen LogP contribution in [0.4, 0.5) is 0 Å². The van der Waals surface area contributed by atoms with E-state index in [0.717, 1.165) is 5.56 Å². The van der Waals surface area contributed by atoms with Gasteiger partial charge in [0.15, 0.2) is 0 Å². The van der Waals surface area contributed by atoms with Gasteiger partial charge in [-0.25, -0.2) is 0 Å². The third-order valence-corrected chi connectivity index (χ3v) is 2.61. The van der Waals surface area contributed by atoms with Gasteiger partial charge in [-0.05, 0) is 23.5 Å². The van der Waals surface area contributed by atoms with Crippen molar-refractivity contribution in [2.24, 2.45) is 5.92 Å². The van der Waals surface area contributed by atoms with Crippen molar-refractivity contribution in [1.82, 2.24) is 0 Å². The van der Waals surface area contributed by atoms with E-state index >= 15 is 0 Å². The Bertz CT molecular complexity index is 325. The lowest BCUT2D eigenvalue weighted by Crippen LogP contribution is -2.12. The molecule has 1 N–H and O–H groups in total. The molecule has 0 aromatic heterocycles. The quantitative estimate of drug-likeness (QED) is 0.822. The molecule has 0 aliphatic rings. The highest BCUT2D eigenvalue weighted by Crippen LogP contribution is 2.16. The molecule has 1 atom stereocenters. The van der Waals surface area contributed by atoms with E-state index in [0.29, 0.717) is 12.3 Å². The fraction of sp³-hybridized carbons (Fsp3) is 0.462. The average molecular weight is 206 g/mol. The van der Waals surface area contributed by atoms with Gasteiger partial charge in [0.05, 0.1) is 5.92 Å². The zero-order chi connectivity index (χ0) is 11.4. The molecule has 0 saturated carbocycles. The van der Waals surface area contributed by atoms with Gasteiger partial charge in [0.2, 0.25) is 0 Å². The van der Waals surface area contributed by atoms with Crippen LogP contribution in [0.2, 0.25) is 0 Å². The Hall–Kier alpha value is -1.31. The lowest BCUT2D eigenvalue weighted by atomic mass is 9.97. The minimum absolute atomic E-state index is 0.310. The summed E-state index contributed by atoms with van der Waals surface area (Å²) in [4.78, 5) is 10.7. The Morgan fingerprint density at radius 2 is 1.73 bits per heavy atom. The van der Waals surface area contributed by atoms with Crippen molar-refractivity contribution in [3.05, 3.63) is 35.4 Å². The largest absolute Gasteiger partial charge is 0.481 e. The Labute approximate surface area is 90.9 Å². The molecule has 1 aromatic rings. The van der Waals surface area contributed by atoms with Crippen LogP contribution in [0.25, 0.3) is 0 Å². The smallest absolute Gasteiger partial charge is 0.306 e. The molecule has 0 aliphatic heterocycles. The summed E-state index contributed by atoms with van der Waals surface area (Å²) in [5, 5.41) is 8.79. The molecule has 1 aromatic carbocycles.